The number of alkyl halides is 3. The number of nitrogens with zero attached hydrogens (tertiary/aromatic N) is 1. The maximum absolute atomic E-state index is 13.7. The molecule has 0 amide bonds. The van der Waals surface area contributed by atoms with Gasteiger partial charge in [0, 0.05) is 40.3 Å². The molecule has 3 N–H and O–H groups in total. The SMILES string of the molecule is C=C(NC1=NC(c2ccccc2C(F)(F)F)Nc2ccccc21)c1ccc(P)cc1NCCC. The largest absolute Gasteiger partial charge is 0.416 e. The molecule has 0 radical (unpaired) electrons. The third-order valence-corrected chi connectivity index (χ3v) is 5.86. The Morgan fingerprint density at radius 3 is 2.59 bits per heavy atom. The van der Waals surface area contributed by atoms with Crippen molar-refractivity contribution < 1.29 is 13.2 Å². The maximum atomic E-state index is 13.7. The van der Waals surface area contributed by atoms with E-state index in [0.717, 1.165) is 41.2 Å². The third-order valence-electron chi connectivity index (χ3n) is 5.50. The van der Waals surface area contributed by atoms with Crippen LogP contribution >= 0.6 is 9.24 Å². The van der Waals surface area contributed by atoms with Crippen molar-refractivity contribution in [2.45, 2.75) is 25.7 Å². The predicted octanol–water partition coefficient (Wildman–Crippen LogP) is 6.16. The first-order valence-corrected chi connectivity index (χ1v) is 11.5. The summed E-state index contributed by atoms with van der Waals surface area (Å²) in [6, 6.07) is 18.8. The van der Waals surface area contributed by atoms with E-state index in [9.17, 15) is 13.2 Å². The number of para-hydroxylation sites is 1. The molecule has 4 rings (SSSR count). The minimum Gasteiger partial charge on any atom is -0.384 e. The van der Waals surface area contributed by atoms with Gasteiger partial charge in [-0.25, -0.2) is 4.99 Å². The van der Waals surface area contributed by atoms with Crippen LogP contribution in [-0.4, -0.2) is 12.4 Å². The molecule has 1 aliphatic heterocycles. The predicted molar refractivity (Wildman–Crippen MR) is 138 cm³/mol. The fourth-order valence-corrected chi connectivity index (χ4v) is 4.14. The van der Waals surface area contributed by atoms with Crippen LogP contribution in [0.4, 0.5) is 24.5 Å². The average molecular weight is 482 g/mol. The van der Waals surface area contributed by atoms with E-state index in [1.165, 1.54) is 12.1 Å². The molecule has 8 heteroatoms. The lowest BCUT2D eigenvalue weighted by Gasteiger charge is -2.28. The summed E-state index contributed by atoms with van der Waals surface area (Å²) in [6.07, 6.45) is -4.43. The molecule has 0 aromatic heterocycles. The molecule has 1 heterocycles. The minimum absolute atomic E-state index is 0.0621. The molecule has 0 saturated heterocycles. The third kappa shape index (κ3) is 5.10. The van der Waals surface area contributed by atoms with Gasteiger partial charge in [-0.3, -0.25) is 0 Å². The van der Waals surface area contributed by atoms with Gasteiger partial charge in [-0.2, -0.15) is 13.2 Å². The summed E-state index contributed by atoms with van der Waals surface area (Å²) in [4.78, 5) is 4.65. The molecule has 3 aromatic rings. The summed E-state index contributed by atoms with van der Waals surface area (Å²) >= 11 is 0. The van der Waals surface area contributed by atoms with Gasteiger partial charge in [-0.05, 0) is 36.0 Å². The topological polar surface area (TPSA) is 48.5 Å². The Hall–Kier alpha value is -3.31. The monoisotopic (exact) mass is 482 g/mol. The normalized spacial score (nSPS) is 15.1. The van der Waals surface area contributed by atoms with E-state index in [-0.39, 0.29) is 5.56 Å². The first kappa shape index (κ1) is 23.8. The highest BCUT2D eigenvalue weighted by Crippen LogP contribution is 2.38. The molecule has 1 aliphatic rings. The number of benzene rings is 3. The molecule has 0 aliphatic carbocycles. The molecule has 0 saturated carbocycles. The summed E-state index contributed by atoms with van der Waals surface area (Å²) < 4.78 is 41.1. The van der Waals surface area contributed by atoms with Crippen molar-refractivity contribution in [3.63, 3.8) is 0 Å². The van der Waals surface area contributed by atoms with E-state index < -0.39 is 17.9 Å². The van der Waals surface area contributed by atoms with Crippen molar-refractivity contribution in [3.05, 3.63) is 95.6 Å². The first-order chi connectivity index (χ1) is 16.3. The van der Waals surface area contributed by atoms with Crippen LogP contribution in [0.3, 0.4) is 0 Å². The molecule has 176 valence electrons. The highest BCUT2D eigenvalue weighted by Gasteiger charge is 2.36. The standard InChI is InChI=1S/C26H26F3N4P/c1-3-14-30-23-15-17(34)12-13-18(23)16(2)31-25-20-9-5-7-11-22(20)32-24(33-25)19-8-4-6-10-21(19)26(27,28)29/h4-13,15,24,30,32H,2-3,14,34H2,1H3,(H,31,33). The second kappa shape index (κ2) is 9.90. The highest BCUT2D eigenvalue weighted by atomic mass is 31.0. The molecule has 0 fully saturated rings. The molecule has 0 spiro atoms. The molecule has 2 atom stereocenters. The van der Waals surface area contributed by atoms with Crippen LogP contribution in [0.25, 0.3) is 5.70 Å². The summed E-state index contributed by atoms with van der Waals surface area (Å²) in [7, 11) is 2.68. The van der Waals surface area contributed by atoms with E-state index in [2.05, 4.69) is 43.7 Å². The number of aliphatic imine (C=N–C) groups is 1. The Bertz CT molecular complexity index is 1240. The van der Waals surface area contributed by atoms with Crippen LogP contribution in [0.5, 0.6) is 0 Å². The Labute approximate surface area is 199 Å². The molecule has 3 aromatic carbocycles. The van der Waals surface area contributed by atoms with Crippen molar-refractivity contribution in [1.82, 2.24) is 5.32 Å². The zero-order chi connectivity index (χ0) is 24.3. The Balaban J connectivity index is 1.72. The molecular formula is C26H26F3N4P. The van der Waals surface area contributed by atoms with Crippen LogP contribution in [-0.2, 0) is 6.18 Å². The Kier molecular flexibility index (Phi) is 6.94. The number of hydrogen-bond acceptors (Lipinski definition) is 4. The van der Waals surface area contributed by atoms with Crippen molar-refractivity contribution >= 4 is 37.5 Å². The number of nitrogens with one attached hydrogen (secondary N) is 3. The van der Waals surface area contributed by atoms with Gasteiger partial charge in [0.15, 0.2) is 0 Å². The van der Waals surface area contributed by atoms with Crippen molar-refractivity contribution in [2.75, 3.05) is 17.2 Å². The zero-order valence-electron chi connectivity index (χ0n) is 18.7. The molecule has 2 unspecified atom stereocenters. The van der Waals surface area contributed by atoms with Crippen molar-refractivity contribution in [3.8, 4) is 0 Å². The van der Waals surface area contributed by atoms with Crippen LogP contribution in [0.2, 0.25) is 0 Å². The quantitative estimate of drug-likeness (QED) is 0.369. The van der Waals surface area contributed by atoms with Crippen molar-refractivity contribution in [1.29, 1.82) is 0 Å². The van der Waals surface area contributed by atoms with Crippen LogP contribution in [0, 0.1) is 0 Å². The van der Waals surface area contributed by atoms with Gasteiger partial charge in [0.05, 0.1) is 5.56 Å². The average Bonchev–Trinajstić information content (AvgIpc) is 2.82. The Morgan fingerprint density at radius 1 is 1.09 bits per heavy atom. The van der Waals surface area contributed by atoms with Crippen LogP contribution < -0.4 is 21.3 Å². The van der Waals surface area contributed by atoms with Gasteiger partial charge >= 0.3 is 6.18 Å². The lowest BCUT2D eigenvalue weighted by Crippen LogP contribution is -2.30. The van der Waals surface area contributed by atoms with Gasteiger partial charge in [-0.15, -0.1) is 9.24 Å². The van der Waals surface area contributed by atoms with E-state index in [1.807, 2.05) is 42.5 Å². The van der Waals surface area contributed by atoms with Crippen LogP contribution in [0.15, 0.2) is 78.3 Å². The summed E-state index contributed by atoms with van der Waals surface area (Å²) in [6.45, 7) is 7.10. The highest BCUT2D eigenvalue weighted by molar-refractivity contribution is 7.27. The summed E-state index contributed by atoms with van der Waals surface area (Å²) in [5, 5.41) is 10.9. The minimum atomic E-state index is -4.48. The summed E-state index contributed by atoms with van der Waals surface area (Å²) in [5.74, 6) is 0.456. The number of hydrogen-bond donors (Lipinski definition) is 3. The first-order valence-electron chi connectivity index (χ1n) is 11.0. The zero-order valence-corrected chi connectivity index (χ0v) is 19.9. The molecule has 0 bridgehead atoms. The second-order valence-corrected chi connectivity index (χ2v) is 8.66. The van der Waals surface area contributed by atoms with E-state index in [1.54, 1.807) is 6.07 Å². The number of rotatable bonds is 6. The molecule has 4 nitrogen and oxygen atoms in total. The van der Waals surface area contributed by atoms with Gasteiger partial charge in [0.25, 0.3) is 0 Å². The molecular weight excluding hydrogens is 456 g/mol. The lowest BCUT2D eigenvalue weighted by atomic mass is 10.0. The fourth-order valence-electron chi connectivity index (χ4n) is 3.88. The van der Waals surface area contributed by atoms with E-state index in [4.69, 9.17) is 0 Å². The van der Waals surface area contributed by atoms with E-state index in [0.29, 0.717) is 17.2 Å². The second-order valence-electron chi connectivity index (χ2n) is 7.99. The van der Waals surface area contributed by atoms with Crippen LogP contribution in [0.1, 0.15) is 41.8 Å². The fraction of sp³-hybridized carbons (Fsp3) is 0.192. The van der Waals surface area contributed by atoms with Gasteiger partial charge in [0.2, 0.25) is 0 Å². The maximum Gasteiger partial charge on any atom is 0.416 e. The summed E-state index contributed by atoms with van der Waals surface area (Å²) in [5.41, 5.74) is 3.19. The van der Waals surface area contributed by atoms with Crippen molar-refractivity contribution in [2.24, 2.45) is 4.99 Å². The lowest BCUT2D eigenvalue weighted by molar-refractivity contribution is -0.138. The van der Waals surface area contributed by atoms with E-state index >= 15 is 0 Å². The number of fused-ring (bicyclic) bond motifs is 1. The van der Waals surface area contributed by atoms with Gasteiger partial charge < -0.3 is 16.0 Å². The Morgan fingerprint density at radius 2 is 1.82 bits per heavy atom. The number of amidine groups is 1. The smallest absolute Gasteiger partial charge is 0.384 e. The number of anilines is 2. The molecule has 34 heavy (non-hydrogen) atoms. The number of halogens is 3. The van der Waals surface area contributed by atoms with Gasteiger partial charge in [-0.1, -0.05) is 56.0 Å². The van der Waals surface area contributed by atoms with Gasteiger partial charge in [0.1, 0.15) is 12.0 Å².